The number of carbonyl (C=O) groups is 1. The van der Waals surface area contributed by atoms with E-state index in [0.717, 1.165) is 28.1 Å². The molecule has 28 heavy (non-hydrogen) atoms. The SMILES string of the molecule is N#Cc1ccc(N(Cc2ccccc2)C2=NC(C=O)c3cccnc3S2)cc1. The number of hydrogen-bond acceptors (Lipinski definition) is 6. The zero-order valence-electron chi connectivity index (χ0n) is 14.9. The molecule has 0 fully saturated rings. The van der Waals surface area contributed by atoms with Crippen LogP contribution in [0.5, 0.6) is 0 Å². The van der Waals surface area contributed by atoms with Crippen molar-refractivity contribution in [1.29, 1.82) is 5.26 Å². The van der Waals surface area contributed by atoms with Crippen molar-refractivity contribution in [1.82, 2.24) is 4.98 Å². The number of anilines is 1. The van der Waals surface area contributed by atoms with Gasteiger partial charge in [-0.25, -0.2) is 9.98 Å². The molecule has 0 bridgehead atoms. The van der Waals surface area contributed by atoms with Gasteiger partial charge in [-0.15, -0.1) is 0 Å². The minimum absolute atomic E-state index is 0.573. The van der Waals surface area contributed by atoms with Gasteiger partial charge in [-0.2, -0.15) is 5.26 Å². The first-order chi connectivity index (χ1) is 13.8. The number of nitriles is 1. The summed E-state index contributed by atoms with van der Waals surface area (Å²) < 4.78 is 0. The van der Waals surface area contributed by atoms with Crippen molar-refractivity contribution in [3.63, 3.8) is 0 Å². The van der Waals surface area contributed by atoms with Crippen molar-refractivity contribution in [2.75, 3.05) is 4.90 Å². The smallest absolute Gasteiger partial charge is 0.171 e. The normalized spacial score (nSPS) is 15.1. The van der Waals surface area contributed by atoms with Gasteiger partial charge in [0.2, 0.25) is 0 Å². The third-order valence-corrected chi connectivity index (χ3v) is 5.45. The van der Waals surface area contributed by atoms with Crippen molar-refractivity contribution in [2.24, 2.45) is 4.99 Å². The Balaban J connectivity index is 1.75. The van der Waals surface area contributed by atoms with Gasteiger partial charge in [0, 0.05) is 17.4 Å². The summed E-state index contributed by atoms with van der Waals surface area (Å²) in [5, 5.41) is 10.6. The molecule has 1 unspecified atom stereocenters. The first-order valence-corrected chi connectivity index (χ1v) is 9.57. The van der Waals surface area contributed by atoms with Crippen LogP contribution in [-0.4, -0.2) is 16.4 Å². The summed E-state index contributed by atoms with van der Waals surface area (Å²) in [6.45, 7) is 0.590. The predicted molar refractivity (Wildman–Crippen MR) is 110 cm³/mol. The van der Waals surface area contributed by atoms with Gasteiger partial charge < -0.3 is 9.69 Å². The van der Waals surface area contributed by atoms with E-state index in [0.29, 0.717) is 17.3 Å². The second-order valence-electron chi connectivity index (χ2n) is 6.22. The van der Waals surface area contributed by atoms with Gasteiger partial charge in [-0.3, -0.25) is 0 Å². The fourth-order valence-corrected chi connectivity index (χ4v) is 4.03. The van der Waals surface area contributed by atoms with Crippen LogP contribution >= 0.6 is 11.8 Å². The maximum Gasteiger partial charge on any atom is 0.171 e. The Morgan fingerprint density at radius 1 is 1.07 bits per heavy atom. The summed E-state index contributed by atoms with van der Waals surface area (Å²) in [4.78, 5) is 22.8. The second kappa shape index (κ2) is 8.07. The number of amidine groups is 1. The largest absolute Gasteiger partial charge is 0.316 e. The number of fused-ring (bicyclic) bond motifs is 1. The molecule has 0 spiro atoms. The number of carbonyl (C=O) groups excluding carboxylic acids is 1. The molecule has 4 rings (SSSR count). The molecule has 1 aliphatic rings. The molecular weight excluding hydrogens is 368 g/mol. The van der Waals surface area contributed by atoms with E-state index in [2.05, 4.69) is 20.9 Å². The lowest BCUT2D eigenvalue weighted by atomic mass is 10.1. The van der Waals surface area contributed by atoms with Gasteiger partial charge in [0.25, 0.3) is 0 Å². The molecule has 5 nitrogen and oxygen atoms in total. The molecule has 1 atom stereocenters. The highest BCUT2D eigenvalue weighted by Crippen LogP contribution is 2.36. The molecule has 0 aliphatic carbocycles. The van der Waals surface area contributed by atoms with E-state index < -0.39 is 6.04 Å². The number of aliphatic imine (C=N–C) groups is 1. The standard InChI is InChI=1S/C22H16N4OS/c23-13-16-8-10-18(11-9-16)26(14-17-5-2-1-3-6-17)22-25-20(15-27)19-7-4-12-24-21(19)28-22/h1-12,15,20H,14H2. The molecular formula is C22H16N4OS. The highest BCUT2D eigenvalue weighted by atomic mass is 32.2. The topological polar surface area (TPSA) is 69.3 Å². The molecule has 6 heteroatoms. The van der Waals surface area contributed by atoms with Crippen LogP contribution in [-0.2, 0) is 11.3 Å². The molecule has 0 amide bonds. The summed E-state index contributed by atoms with van der Waals surface area (Å²) in [5.41, 5.74) is 3.44. The number of rotatable bonds is 4. The number of benzene rings is 2. The molecule has 0 saturated heterocycles. The molecule has 1 aromatic heterocycles. The van der Waals surface area contributed by atoms with Gasteiger partial charge in [-0.05, 0) is 47.7 Å². The Hall–Kier alpha value is -3.43. The monoisotopic (exact) mass is 384 g/mol. The third-order valence-electron chi connectivity index (χ3n) is 4.41. The van der Waals surface area contributed by atoms with E-state index in [1.165, 1.54) is 11.8 Å². The van der Waals surface area contributed by atoms with Crippen LogP contribution in [0.1, 0.15) is 22.7 Å². The second-order valence-corrected chi connectivity index (χ2v) is 7.18. The maximum atomic E-state index is 11.7. The maximum absolute atomic E-state index is 11.7. The van der Waals surface area contributed by atoms with Crippen LogP contribution in [0.4, 0.5) is 5.69 Å². The Morgan fingerprint density at radius 2 is 1.86 bits per heavy atom. The van der Waals surface area contributed by atoms with Crippen LogP contribution in [0.2, 0.25) is 0 Å². The first-order valence-electron chi connectivity index (χ1n) is 8.76. The molecule has 0 radical (unpaired) electrons. The van der Waals surface area contributed by atoms with Crippen LogP contribution in [0.25, 0.3) is 0 Å². The molecule has 136 valence electrons. The average molecular weight is 384 g/mol. The predicted octanol–water partition coefficient (Wildman–Crippen LogP) is 4.36. The average Bonchev–Trinajstić information content (AvgIpc) is 2.77. The summed E-state index contributed by atoms with van der Waals surface area (Å²) >= 11 is 1.45. The quantitative estimate of drug-likeness (QED) is 0.625. The zero-order chi connectivity index (χ0) is 19.3. The van der Waals surface area contributed by atoms with Crippen LogP contribution in [0, 0.1) is 11.3 Å². The molecule has 1 aliphatic heterocycles. The number of pyridine rings is 1. The minimum Gasteiger partial charge on any atom is -0.316 e. The van der Waals surface area contributed by atoms with Crippen LogP contribution in [0.3, 0.4) is 0 Å². The van der Waals surface area contributed by atoms with Crippen molar-refractivity contribution in [3.8, 4) is 6.07 Å². The lowest BCUT2D eigenvalue weighted by Crippen LogP contribution is -2.30. The van der Waals surface area contributed by atoms with E-state index >= 15 is 0 Å². The Labute approximate surface area is 167 Å². The summed E-state index contributed by atoms with van der Waals surface area (Å²) in [7, 11) is 0. The van der Waals surface area contributed by atoms with Gasteiger partial charge in [0.15, 0.2) is 5.17 Å². The summed E-state index contributed by atoms with van der Waals surface area (Å²) in [6, 6.07) is 22.7. The summed E-state index contributed by atoms with van der Waals surface area (Å²) in [6.07, 6.45) is 2.57. The van der Waals surface area contributed by atoms with Crippen LogP contribution < -0.4 is 4.90 Å². The lowest BCUT2D eigenvalue weighted by molar-refractivity contribution is -0.109. The van der Waals surface area contributed by atoms with Gasteiger partial charge in [-0.1, -0.05) is 36.4 Å². The highest BCUT2D eigenvalue weighted by molar-refractivity contribution is 8.14. The van der Waals surface area contributed by atoms with Crippen LogP contribution in [0.15, 0.2) is 82.9 Å². The number of hydrogen-bond donors (Lipinski definition) is 0. The van der Waals surface area contributed by atoms with Gasteiger partial charge in [0.05, 0.1) is 18.2 Å². The molecule has 0 N–H and O–H groups in total. The fraction of sp³-hybridized carbons (Fsp3) is 0.0909. The Morgan fingerprint density at radius 3 is 2.57 bits per heavy atom. The van der Waals surface area contributed by atoms with Crippen molar-refractivity contribution in [2.45, 2.75) is 17.6 Å². The first kappa shape index (κ1) is 18.0. The van der Waals surface area contributed by atoms with Crippen molar-refractivity contribution >= 4 is 28.9 Å². The number of aldehydes is 1. The molecule has 2 heterocycles. The Bertz CT molecular complexity index is 1060. The van der Waals surface area contributed by atoms with E-state index in [1.807, 2.05) is 54.6 Å². The third kappa shape index (κ3) is 3.66. The Kier molecular flexibility index (Phi) is 5.18. The van der Waals surface area contributed by atoms with E-state index in [1.54, 1.807) is 18.3 Å². The van der Waals surface area contributed by atoms with Gasteiger partial charge >= 0.3 is 0 Å². The van der Waals surface area contributed by atoms with E-state index in [4.69, 9.17) is 5.26 Å². The summed E-state index contributed by atoms with van der Waals surface area (Å²) in [5.74, 6) is 0. The number of thioether (sulfide) groups is 1. The van der Waals surface area contributed by atoms with Crippen molar-refractivity contribution in [3.05, 3.63) is 89.6 Å². The molecule has 3 aromatic rings. The van der Waals surface area contributed by atoms with E-state index in [-0.39, 0.29) is 0 Å². The number of aromatic nitrogens is 1. The van der Waals surface area contributed by atoms with Crippen molar-refractivity contribution < 1.29 is 4.79 Å². The number of nitrogens with zero attached hydrogens (tertiary/aromatic N) is 4. The molecule has 0 saturated carbocycles. The lowest BCUT2D eigenvalue weighted by Gasteiger charge is -2.29. The zero-order valence-corrected chi connectivity index (χ0v) is 15.7. The fourth-order valence-electron chi connectivity index (χ4n) is 2.99. The van der Waals surface area contributed by atoms with Gasteiger partial charge in [0.1, 0.15) is 17.4 Å². The van der Waals surface area contributed by atoms with E-state index in [9.17, 15) is 4.79 Å². The molecule has 2 aromatic carbocycles. The minimum atomic E-state index is -0.573. The highest BCUT2D eigenvalue weighted by Gasteiger charge is 2.27.